The molecule has 0 aromatic heterocycles. The average molecular weight is 679 g/mol. The summed E-state index contributed by atoms with van der Waals surface area (Å²) in [7, 11) is 2.68. The number of rotatable bonds is 17. The zero-order chi connectivity index (χ0) is 37.3. The topological polar surface area (TPSA) is 78.9 Å². The minimum absolute atomic E-state index is 0.229. The molecule has 0 N–H and O–H groups in total. The van der Waals surface area contributed by atoms with Crippen LogP contribution in [0.25, 0.3) is 0 Å². The molecule has 1 saturated heterocycles. The van der Waals surface area contributed by atoms with E-state index in [1.165, 1.54) is 9.34 Å². The lowest BCUT2D eigenvalue weighted by molar-refractivity contribution is -0.311. The summed E-state index contributed by atoms with van der Waals surface area (Å²) in [6.07, 6.45) is -6.23. The van der Waals surface area contributed by atoms with Crippen LogP contribution in [0.1, 0.15) is 27.7 Å². The molecule has 4 aromatic carbocycles. The normalized spacial score (nSPS) is 25.3. The van der Waals surface area contributed by atoms with E-state index in [1.54, 1.807) is 113 Å². The Labute approximate surface area is 290 Å². The maximum absolute atomic E-state index is 14.4. The molecule has 0 spiro atoms. The molecule has 1 aliphatic heterocycles. The van der Waals surface area contributed by atoms with Crippen molar-refractivity contribution in [1.82, 2.24) is 9.34 Å². The molecule has 9 nitrogen and oxygen atoms in total. The van der Waals surface area contributed by atoms with E-state index >= 15 is 0 Å². The summed E-state index contributed by atoms with van der Waals surface area (Å²) in [6.45, 7) is -5.12. The van der Waals surface area contributed by atoms with Crippen LogP contribution >= 0.6 is 7.67 Å². The molecule has 256 valence electrons. The molecular weight excluding hydrogens is 627 g/mol. The highest BCUT2D eigenvalue weighted by Crippen LogP contribution is 2.53. The standard InChI is InChI=1S/C38H47N2O7P/c1-39(2)48(41,40(3)4)47-38-37(45-28-33-23-15-8-16-24-33)36(44-27-32-21-13-7-14-22-32)35(43-26-31-19-11-6-12-20-31)34(46-38)29-42-25-30-17-9-5-10-18-30/h5-24,34-38H,25-29H2,1-4H3/t34-,35-,36+,37-,38?/m1/s1/i25D,26D,27D,28D/t25?,26?,27?,28?,34-,35-,36+,37-,38?. The van der Waals surface area contributed by atoms with Crippen LogP contribution in [0.15, 0.2) is 121 Å². The summed E-state index contributed by atoms with van der Waals surface area (Å²) in [4.78, 5) is 0. The molecule has 48 heavy (non-hydrogen) atoms. The van der Waals surface area contributed by atoms with Crippen LogP contribution in [0.2, 0.25) is 0 Å². The molecule has 0 bridgehead atoms. The summed E-state index contributed by atoms with van der Waals surface area (Å²) in [6, 6.07) is 35.8. The lowest BCUT2D eigenvalue weighted by Crippen LogP contribution is -2.61. The first kappa shape index (κ1) is 30.8. The maximum atomic E-state index is 14.4. The molecule has 10 heteroatoms. The van der Waals surface area contributed by atoms with E-state index in [-0.39, 0.29) is 6.61 Å². The molecule has 1 aliphatic rings. The minimum Gasteiger partial charge on any atom is -0.374 e. The Hall–Kier alpha value is -3.21. The third-order valence-corrected chi connectivity index (χ3v) is 10.1. The zero-order valence-corrected chi connectivity index (χ0v) is 28.5. The predicted octanol–water partition coefficient (Wildman–Crippen LogP) is 6.93. The summed E-state index contributed by atoms with van der Waals surface area (Å²) in [5, 5.41) is 0. The molecule has 4 aromatic rings. The second kappa shape index (κ2) is 18.0. The number of hydrogen-bond acceptors (Lipinski definition) is 7. The lowest BCUT2D eigenvalue weighted by Gasteiger charge is -2.47. The molecule has 0 aliphatic carbocycles. The van der Waals surface area contributed by atoms with E-state index in [1.807, 2.05) is 36.4 Å². The third kappa shape index (κ3) is 9.92. The first-order chi connectivity index (χ1) is 25.0. The van der Waals surface area contributed by atoms with Gasteiger partial charge in [0.2, 0.25) is 0 Å². The smallest absolute Gasteiger partial charge is 0.347 e. The second-order valence-electron chi connectivity index (χ2n) is 11.6. The van der Waals surface area contributed by atoms with Gasteiger partial charge in [0.15, 0.2) is 6.29 Å². The first-order valence-corrected chi connectivity index (χ1v) is 17.3. The SMILES string of the molecule is [2H]C(OC[C@H]1OC(OP(=O)(N(C)C)N(C)C)[C@H](OC([2H])c2ccccc2)[C@@H](OC([2H])c2ccccc2)[C@@H]1OC([2H])c1ccccc1)c1ccccc1. The van der Waals surface area contributed by atoms with Crippen molar-refractivity contribution in [2.45, 2.75) is 57.0 Å². The van der Waals surface area contributed by atoms with Crippen LogP contribution in [-0.4, -0.2) is 74.8 Å². The first-order valence-electron chi connectivity index (χ1n) is 18.0. The summed E-state index contributed by atoms with van der Waals surface area (Å²) >= 11 is 0. The van der Waals surface area contributed by atoms with Gasteiger partial charge in [-0.05, 0) is 50.4 Å². The van der Waals surface area contributed by atoms with Gasteiger partial charge in [-0.1, -0.05) is 121 Å². The average Bonchev–Trinajstić information content (AvgIpc) is 3.17. The fourth-order valence-corrected chi connectivity index (χ4v) is 6.61. The van der Waals surface area contributed by atoms with Crippen LogP contribution in [0.5, 0.6) is 0 Å². The number of nitrogens with zero attached hydrogens (tertiary/aromatic N) is 2. The van der Waals surface area contributed by atoms with Crippen molar-refractivity contribution >= 4 is 7.67 Å². The van der Waals surface area contributed by atoms with Gasteiger partial charge in [-0.3, -0.25) is 9.09 Å². The maximum Gasteiger partial charge on any atom is 0.347 e. The van der Waals surface area contributed by atoms with Gasteiger partial charge in [0.1, 0.15) is 24.4 Å². The van der Waals surface area contributed by atoms with Crippen molar-refractivity contribution < 1.29 is 38.3 Å². The molecule has 1 heterocycles. The molecule has 9 atom stereocenters. The van der Waals surface area contributed by atoms with Gasteiger partial charge in [0.05, 0.1) is 38.4 Å². The summed E-state index contributed by atoms with van der Waals surface area (Å²) in [5.41, 5.74) is 2.23. The Kier molecular flexibility index (Phi) is 11.5. The van der Waals surface area contributed by atoms with Crippen molar-refractivity contribution in [1.29, 1.82) is 0 Å². The minimum atomic E-state index is -3.77. The number of hydrogen-bond donors (Lipinski definition) is 0. The highest BCUT2D eigenvalue weighted by molar-refractivity contribution is 7.53. The molecule has 5 rings (SSSR count). The van der Waals surface area contributed by atoms with E-state index in [0.717, 1.165) is 0 Å². The Morgan fingerprint density at radius 2 is 0.958 bits per heavy atom. The van der Waals surface area contributed by atoms with E-state index in [0.29, 0.717) is 22.3 Å². The molecule has 0 saturated carbocycles. The Balaban J connectivity index is 1.60. The van der Waals surface area contributed by atoms with Gasteiger partial charge in [-0.25, -0.2) is 9.34 Å². The highest BCUT2D eigenvalue weighted by Gasteiger charge is 2.51. The van der Waals surface area contributed by atoms with E-state index in [2.05, 4.69) is 0 Å². The zero-order valence-electron chi connectivity index (χ0n) is 31.6. The van der Waals surface area contributed by atoms with Gasteiger partial charge in [-0.15, -0.1) is 0 Å². The Morgan fingerprint density at radius 3 is 1.38 bits per heavy atom. The van der Waals surface area contributed by atoms with Crippen LogP contribution in [-0.2, 0) is 59.1 Å². The monoisotopic (exact) mass is 678 g/mol. The van der Waals surface area contributed by atoms with Gasteiger partial charge < -0.3 is 23.7 Å². The van der Waals surface area contributed by atoms with Gasteiger partial charge >= 0.3 is 7.67 Å². The van der Waals surface area contributed by atoms with Crippen molar-refractivity contribution in [3.05, 3.63) is 144 Å². The van der Waals surface area contributed by atoms with Crippen LogP contribution in [0.4, 0.5) is 0 Å². The van der Waals surface area contributed by atoms with E-state index in [4.69, 9.17) is 33.7 Å². The Bertz CT molecular complexity index is 1670. The second-order valence-corrected chi connectivity index (χ2v) is 14.4. The van der Waals surface area contributed by atoms with E-state index < -0.39 is 64.7 Å². The summed E-state index contributed by atoms with van der Waals surface area (Å²) in [5.74, 6) is 0. The van der Waals surface area contributed by atoms with Crippen molar-refractivity contribution in [3.63, 3.8) is 0 Å². The third-order valence-electron chi connectivity index (χ3n) is 7.61. The van der Waals surface area contributed by atoms with Crippen molar-refractivity contribution in [2.24, 2.45) is 0 Å². The van der Waals surface area contributed by atoms with Crippen LogP contribution in [0.3, 0.4) is 0 Å². The molecular formula is C38H47N2O7P. The van der Waals surface area contributed by atoms with Crippen LogP contribution < -0.4 is 0 Å². The number of benzene rings is 4. The highest BCUT2D eigenvalue weighted by atomic mass is 31.2. The largest absolute Gasteiger partial charge is 0.374 e. The fourth-order valence-electron chi connectivity index (χ4n) is 5.08. The molecule has 1 fully saturated rings. The predicted molar refractivity (Wildman–Crippen MR) is 186 cm³/mol. The van der Waals surface area contributed by atoms with Crippen molar-refractivity contribution in [3.8, 4) is 0 Å². The number of ether oxygens (including phenoxy) is 5. The van der Waals surface area contributed by atoms with Gasteiger partial charge in [0.25, 0.3) is 0 Å². The quantitative estimate of drug-likeness (QED) is 0.111. The fraction of sp³-hybridized carbons (Fsp3) is 0.368. The van der Waals surface area contributed by atoms with Crippen molar-refractivity contribution in [2.75, 3.05) is 34.8 Å². The molecule has 0 radical (unpaired) electrons. The lowest BCUT2D eigenvalue weighted by atomic mass is 9.98. The Morgan fingerprint density at radius 1 is 0.583 bits per heavy atom. The van der Waals surface area contributed by atoms with Crippen LogP contribution in [0, 0.1) is 0 Å². The molecule has 5 unspecified atom stereocenters. The summed E-state index contributed by atoms with van der Waals surface area (Å²) < 4.78 is 91.6. The van der Waals surface area contributed by atoms with Gasteiger partial charge in [0, 0.05) is 0 Å². The van der Waals surface area contributed by atoms with Gasteiger partial charge in [-0.2, -0.15) is 0 Å². The molecule has 0 amide bonds. The van der Waals surface area contributed by atoms with E-state index in [9.17, 15) is 4.57 Å².